The maximum absolute atomic E-state index is 12.9. The zero-order valence-electron chi connectivity index (χ0n) is 17.9. The molecule has 0 fully saturated rings. The minimum absolute atomic E-state index is 0.0537. The summed E-state index contributed by atoms with van der Waals surface area (Å²) in [6.07, 6.45) is -4.44. The van der Waals surface area contributed by atoms with Gasteiger partial charge in [0.25, 0.3) is 0 Å². The highest BCUT2D eigenvalue weighted by atomic mass is 35.5. The first-order valence-electron chi connectivity index (χ1n) is 10.1. The van der Waals surface area contributed by atoms with Gasteiger partial charge in [0.2, 0.25) is 5.91 Å². The van der Waals surface area contributed by atoms with Crippen LogP contribution in [0.1, 0.15) is 19.4 Å². The van der Waals surface area contributed by atoms with Crippen LogP contribution < -0.4 is 10.1 Å². The first-order valence-corrected chi connectivity index (χ1v) is 10.5. The van der Waals surface area contributed by atoms with E-state index in [0.717, 1.165) is 12.1 Å². The van der Waals surface area contributed by atoms with Crippen LogP contribution in [0.3, 0.4) is 0 Å². The summed E-state index contributed by atoms with van der Waals surface area (Å²) < 4.78 is 51.1. The first kappa shape index (κ1) is 24.5. The molecule has 0 saturated heterocycles. The molecule has 1 atom stereocenters. The lowest BCUT2D eigenvalue weighted by Gasteiger charge is -2.10. The molecule has 1 unspecified atom stereocenters. The molecule has 0 aliphatic heterocycles. The second-order valence-electron chi connectivity index (χ2n) is 6.90. The van der Waals surface area contributed by atoms with Gasteiger partial charge in [-0.2, -0.15) is 18.2 Å². The zero-order chi connectivity index (χ0) is 24.0. The molecular weight excluding hydrogens is 461 g/mol. The smallest absolute Gasteiger partial charge is 0.416 e. The number of rotatable bonds is 9. The summed E-state index contributed by atoms with van der Waals surface area (Å²) in [5.74, 6) is -0.0538. The zero-order valence-corrected chi connectivity index (χ0v) is 18.7. The number of hydrogen-bond acceptors (Lipinski definition) is 5. The van der Waals surface area contributed by atoms with E-state index in [2.05, 4.69) is 15.4 Å². The predicted octanol–water partition coefficient (Wildman–Crippen LogP) is 4.93. The standard InChI is InChI=1S/C22H22ClF3N4O3/c1-3-32-12-13-33-21-28-19(15-4-6-16(7-5-15)22(24,25)26)30(29-21)18-10-8-17(9-11-18)27-20(31)14(2)23/h4-11,14H,3,12-13H2,1-2H3,(H,27,31). The van der Waals surface area contributed by atoms with E-state index in [1.54, 1.807) is 31.2 Å². The number of carbonyl (C=O) groups excluding carboxylic acids is 1. The summed E-state index contributed by atoms with van der Waals surface area (Å²) in [7, 11) is 0. The van der Waals surface area contributed by atoms with Crippen molar-refractivity contribution in [2.24, 2.45) is 0 Å². The Morgan fingerprint density at radius 2 is 1.79 bits per heavy atom. The van der Waals surface area contributed by atoms with E-state index in [4.69, 9.17) is 21.1 Å². The maximum atomic E-state index is 12.9. The quantitative estimate of drug-likeness (QED) is 0.345. The fraction of sp³-hybridized carbons (Fsp3) is 0.318. The highest BCUT2D eigenvalue weighted by Crippen LogP contribution is 2.31. The second-order valence-corrected chi connectivity index (χ2v) is 7.56. The number of ether oxygens (including phenoxy) is 2. The molecule has 3 aromatic rings. The van der Waals surface area contributed by atoms with Crippen molar-refractivity contribution in [3.63, 3.8) is 0 Å². The Labute approximate surface area is 193 Å². The lowest BCUT2D eigenvalue weighted by molar-refractivity contribution is -0.137. The van der Waals surface area contributed by atoms with Crippen molar-refractivity contribution >= 4 is 23.2 Å². The Morgan fingerprint density at radius 1 is 1.12 bits per heavy atom. The predicted molar refractivity (Wildman–Crippen MR) is 118 cm³/mol. The van der Waals surface area contributed by atoms with Gasteiger partial charge in [-0.05, 0) is 50.2 Å². The number of aromatic nitrogens is 3. The van der Waals surface area contributed by atoms with Gasteiger partial charge in [-0.1, -0.05) is 12.1 Å². The number of hydrogen-bond donors (Lipinski definition) is 1. The third-order valence-electron chi connectivity index (χ3n) is 4.46. The van der Waals surface area contributed by atoms with Crippen molar-refractivity contribution in [2.45, 2.75) is 25.4 Å². The normalized spacial score (nSPS) is 12.4. The summed E-state index contributed by atoms with van der Waals surface area (Å²) >= 11 is 5.77. The number of amides is 1. The molecule has 3 rings (SSSR count). The van der Waals surface area contributed by atoms with Gasteiger partial charge in [-0.3, -0.25) is 4.79 Å². The number of nitrogens with one attached hydrogen (secondary N) is 1. The third kappa shape index (κ3) is 6.45. The highest BCUT2D eigenvalue weighted by molar-refractivity contribution is 6.32. The van der Waals surface area contributed by atoms with E-state index >= 15 is 0 Å². The molecule has 0 spiro atoms. The summed E-state index contributed by atoms with van der Waals surface area (Å²) in [6, 6.07) is 11.3. The summed E-state index contributed by atoms with van der Waals surface area (Å²) in [6.45, 7) is 4.51. The molecule has 176 valence electrons. The molecule has 1 N–H and O–H groups in total. The van der Waals surface area contributed by atoms with Crippen molar-refractivity contribution in [1.29, 1.82) is 0 Å². The number of benzene rings is 2. The molecule has 2 aromatic carbocycles. The van der Waals surface area contributed by atoms with Crippen LogP contribution in [-0.4, -0.2) is 45.9 Å². The van der Waals surface area contributed by atoms with Gasteiger partial charge in [0.1, 0.15) is 12.0 Å². The lowest BCUT2D eigenvalue weighted by atomic mass is 10.1. The molecule has 1 aromatic heterocycles. The third-order valence-corrected chi connectivity index (χ3v) is 4.66. The van der Waals surface area contributed by atoms with Crippen LogP contribution >= 0.6 is 11.6 Å². The first-order chi connectivity index (χ1) is 15.7. The Balaban J connectivity index is 1.92. The van der Waals surface area contributed by atoms with Crippen molar-refractivity contribution in [3.8, 4) is 23.1 Å². The van der Waals surface area contributed by atoms with Crippen LogP contribution in [0.5, 0.6) is 6.01 Å². The molecule has 0 saturated carbocycles. The Morgan fingerprint density at radius 3 is 2.36 bits per heavy atom. The minimum atomic E-state index is -4.44. The van der Waals surface area contributed by atoms with Crippen molar-refractivity contribution in [3.05, 3.63) is 54.1 Å². The van der Waals surface area contributed by atoms with Crippen molar-refractivity contribution in [1.82, 2.24) is 14.8 Å². The van der Waals surface area contributed by atoms with E-state index < -0.39 is 17.1 Å². The van der Waals surface area contributed by atoms with Crippen LogP contribution in [0.25, 0.3) is 17.1 Å². The molecule has 0 radical (unpaired) electrons. The van der Waals surface area contributed by atoms with Gasteiger partial charge < -0.3 is 14.8 Å². The van der Waals surface area contributed by atoms with Gasteiger partial charge in [0, 0.05) is 17.9 Å². The average Bonchev–Trinajstić information content (AvgIpc) is 3.21. The number of anilines is 1. The molecular formula is C22H22ClF3N4O3. The van der Waals surface area contributed by atoms with Crippen LogP contribution in [0.4, 0.5) is 18.9 Å². The van der Waals surface area contributed by atoms with Gasteiger partial charge in [0.05, 0.1) is 17.9 Å². The molecule has 11 heteroatoms. The van der Waals surface area contributed by atoms with E-state index in [1.807, 2.05) is 6.92 Å². The largest absolute Gasteiger partial charge is 0.460 e. The second kappa shape index (κ2) is 10.7. The Kier molecular flexibility index (Phi) is 7.93. The van der Waals surface area contributed by atoms with Gasteiger partial charge in [-0.25, -0.2) is 4.68 Å². The Bertz CT molecular complexity index is 1070. The molecule has 0 aliphatic carbocycles. The minimum Gasteiger partial charge on any atom is -0.460 e. The van der Waals surface area contributed by atoms with E-state index in [9.17, 15) is 18.0 Å². The molecule has 7 nitrogen and oxygen atoms in total. The number of nitrogens with zero attached hydrogens (tertiary/aromatic N) is 3. The van der Waals surface area contributed by atoms with E-state index in [-0.39, 0.29) is 18.5 Å². The molecule has 33 heavy (non-hydrogen) atoms. The lowest BCUT2D eigenvalue weighted by Crippen LogP contribution is -2.20. The van der Waals surface area contributed by atoms with Crippen LogP contribution in [-0.2, 0) is 15.7 Å². The SMILES string of the molecule is CCOCCOc1nc(-c2ccc(C(F)(F)F)cc2)n(-c2ccc(NC(=O)C(C)Cl)cc2)n1. The van der Waals surface area contributed by atoms with Crippen LogP contribution in [0.2, 0.25) is 0 Å². The monoisotopic (exact) mass is 482 g/mol. The van der Waals surface area contributed by atoms with Crippen LogP contribution in [0, 0.1) is 0 Å². The topological polar surface area (TPSA) is 78.3 Å². The highest BCUT2D eigenvalue weighted by Gasteiger charge is 2.30. The van der Waals surface area contributed by atoms with Gasteiger partial charge >= 0.3 is 12.2 Å². The number of carbonyl (C=O) groups is 1. The Hall–Kier alpha value is -3.11. The average molecular weight is 483 g/mol. The fourth-order valence-electron chi connectivity index (χ4n) is 2.79. The summed E-state index contributed by atoms with van der Waals surface area (Å²) in [4.78, 5) is 16.1. The van der Waals surface area contributed by atoms with Gasteiger partial charge in [0.15, 0.2) is 5.82 Å². The molecule has 0 aliphatic rings. The van der Waals surface area contributed by atoms with Crippen molar-refractivity contribution in [2.75, 3.05) is 25.1 Å². The van der Waals surface area contributed by atoms with E-state index in [1.165, 1.54) is 16.8 Å². The summed E-state index contributed by atoms with van der Waals surface area (Å²) in [5, 5.41) is 6.32. The number of alkyl halides is 4. The van der Waals surface area contributed by atoms with Crippen LogP contribution in [0.15, 0.2) is 48.5 Å². The van der Waals surface area contributed by atoms with E-state index in [0.29, 0.717) is 36.0 Å². The fourth-order valence-corrected chi connectivity index (χ4v) is 2.85. The molecule has 1 heterocycles. The van der Waals surface area contributed by atoms with Gasteiger partial charge in [-0.15, -0.1) is 16.7 Å². The molecule has 0 bridgehead atoms. The number of halogens is 4. The molecule has 1 amide bonds. The summed E-state index contributed by atoms with van der Waals surface area (Å²) in [5.41, 5.74) is 0.747. The van der Waals surface area contributed by atoms with Crippen molar-refractivity contribution < 1.29 is 27.4 Å². The maximum Gasteiger partial charge on any atom is 0.416 e.